The molecule has 0 aromatic carbocycles. The van der Waals surface area contributed by atoms with Crippen molar-refractivity contribution in [2.24, 2.45) is 0 Å². The van der Waals surface area contributed by atoms with Crippen LogP contribution < -0.4 is 0 Å². The molecular formula is C6H12OS2. The Balaban J connectivity index is 2.12. The molecule has 0 spiro atoms. The smallest absolute Gasteiger partial charge is 0.0548 e. The molecule has 1 N–H and O–H groups in total. The van der Waals surface area contributed by atoms with E-state index in [4.69, 9.17) is 0 Å². The van der Waals surface area contributed by atoms with Gasteiger partial charge < -0.3 is 5.11 Å². The lowest BCUT2D eigenvalue weighted by Gasteiger charge is -2.12. The van der Waals surface area contributed by atoms with Crippen molar-refractivity contribution in [1.82, 2.24) is 0 Å². The Labute approximate surface area is 64.0 Å². The van der Waals surface area contributed by atoms with E-state index in [0.29, 0.717) is 0 Å². The molecule has 1 aliphatic rings. The van der Waals surface area contributed by atoms with E-state index in [1.165, 1.54) is 12.2 Å². The summed E-state index contributed by atoms with van der Waals surface area (Å²) in [5.74, 6) is 2.33. The van der Waals surface area contributed by atoms with E-state index in [1.54, 1.807) is 0 Å². The Hall–Kier alpha value is 0.660. The predicted octanol–water partition coefficient (Wildman–Crippen LogP) is 1.91. The summed E-state index contributed by atoms with van der Waals surface area (Å²) in [6.45, 7) is 0. The fourth-order valence-corrected chi connectivity index (χ4v) is 3.06. The first-order valence-electron chi connectivity index (χ1n) is 3.32. The molecule has 0 saturated carbocycles. The highest BCUT2D eigenvalue weighted by Crippen LogP contribution is 2.27. The number of aliphatic hydroxyl groups excluding tert-OH is 1. The van der Waals surface area contributed by atoms with Crippen LogP contribution in [0.2, 0.25) is 0 Å². The second-order valence-electron chi connectivity index (χ2n) is 2.23. The van der Waals surface area contributed by atoms with E-state index in [1.807, 2.05) is 21.6 Å². The van der Waals surface area contributed by atoms with Crippen LogP contribution in [0.25, 0.3) is 0 Å². The molecule has 0 aliphatic carbocycles. The maximum atomic E-state index is 9.19. The molecule has 0 amide bonds. The van der Waals surface area contributed by atoms with E-state index in [0.717, 1.165) is 18.6 Å². The van der Waals surface area contributed by atoms with Gasteiger partial charge in [0.2, 0.25) is 0 Å². The molecule has 0 bridgehead atoms. The van der Waals surface area contributed by atoms with E-state index < -0.39 is 0 Å². The molecule has 1 atom stereocenters. The summed E-state index contributed by atoms with van der Waals surface area (Å²) in [6, 6.07) is 0. The minimum atomic E-state index is -0.0154. The second-order valence-corrected chi connectivity index (χ2v) is 4.93. The van der Waals surface area contributed by atoms with Crippen LogP contribution >= 0.6 is 21.6 Å². The first kappa shape index (κ1) is 7.76. The van der Waals surface area contributed by atoms with Gasteiger partial charge >= 0.3 is 0 Å². The maximum absolute atomic E-state index is 9.19. The highest BCUT2D eigenvalue weighted by atomic mass is 33.1. The fraction of sp³-hybridized carbons (Fsp3) is 1.00. The molecule has 0 aromatic rings. The summed E-state index contributed by atoms with van der Waals surface area (Å²) in [5, 5.41) is 9.19. The van der Waals surface area contributed by atoms with Crippen LogP contribution in [0, 0.1) is 0 Å². The molecule has 1 nitrogen and oxygen atoms in total. The zero-order valence-corrected chi connectivity index (χ0v) is 7.01. The topological polar surface area (TPSA) is 20.2 Å². The van der Waals surface area contributed by atoms with Gasteiger partial charge in [-0.2, -0.15) is 0 Å². The molecule has 1 fully saturated rings. The van der Waals surface area contributed by atoms with Gasteiger partial charge in [0.05, 0.1) is 6.10 Å². The third kappa shape index (κ3) is 3.38. The quantitative estimate of drug-likeness (QED) is 0.552. The van der Waals surface area contributed by atoms with E-state index >= 15 is 0 Å². The molecule has 9 heavy (non-hydrogen) atoms. The molecule has 54 valence electrons. The average Bonchev–Trinajstić information content (AvgIpc) is 1.79. The summed E-state index contributed by atoms with van der Waals surface area (Å²) in [7, 11) is 3.83. The van der Waals surface area contributed by atoms with Crippen molar-refractivity contribution in [2.75, 3.05) is 11.5 Å². The van der Waals surface area contributed by atoms with Crippen molar-refractivity contribution < 1.29 is 5.11 Å². The van der Waals surface area contributed by atoms with Gasteiger partial charge in [-0.1, -0.05) is 21.6 Å². The van der Waals surface area contributed by atoms with Gasteiger partial charge in [-0.3, -0.25) is 0 Å². The lowest BCUT2D eigenvalue weighted by molar-refractivity contribution is 0.161. The van der Waals surface area contributed by atoms with Crippen molar-refractivity contribution in [3.8, 4) is 0 Å². The van der Waals surface area contributed by atoms with Crippen molar-refractivity contribution in [3.63, 3.8) is 0 Å². The Kier molecular flexibility index (Phi) is 3.86. The molecular weight excluding hydrogens is 152 g/mol. The Bertz CT molecular complexity index is 69.5. The highest BCUT2D eigenvalue weighted by molar-refractivity contribution is 8.76. The first-order chi connectivity index (χ1) is 4.39. The molecule has 1 aliphatic heterocycles. The molecule has 0 aromatic heterocycles. The fourth-order valence-electron chi connectivity index (χ4n) is 0.824. The normalized spacial score (nSPS) is 31.0. The Morgan fingerprint density at radius 2 is 1.89 bits per heavy atom. The number of hydrogen-bond acceptors (Lipinski definition) is 3. The summed E-state index contributed by atoms with van der Waals surface area (Å²) < 4.78 is 0. The summed E-state index contributed by atoms with van der Waals surface area (Å²) in [6.07, 6.45) is 3.16. The highest BCUT2D eigenvalue weighted by Gasteiger charge is 2.06. The molecule has 1 saturated heterocycles. The maximum Gasteiger partial charge on any atom is 0.0548 e. The van der Waals surface area contributed by atoms with E-state index in [9.17, 15) is 5.11 Å². The van der Waals surface area contributed by atoms with Gasteiger partial charge in [-0.15, -0.1) is 0 Å². The summed E-state index contributed by atoms with van der Waals surface area (Å²) in [5.41, 5.74) is 0. The lowest BCUT2D eigenvalue weighted by atomic mass is 10.2. The number of aliphatic hydroxyl groups is 1. The lowest BCUT2D eigenvalue weighted by Crippen LogP contribution is -2.09. The first-order valence-corrected chi connectivity index (χ1v) is 5.81. The van der Waals surface area contributed by atoms with Crippen LogP contribution in [0.4, 0.5) is 0 Å². The van der Waals surface area contributed by atoms with Gasteiger partial charge in [0.15, 0.2) is 0 Å². The van der Waals surface area contributed by atoms with Crippen LogP contribution in [0.1, 0.15) is 19.3 Å². The van der Waals surface area contributed by atoms with E-state index in [-0.39, 0.29) is 6.10 Å². The summed E-state index contributed by atoms with van der Waals surface area (Å²) >= 11 is 0. The second kappa shape index (κ2) is 4.47. The minimum absolute atomic E-state index is 0.0154. The van der Waals surface area contributed by atoms with Crippen molar-refractivity contribution in [2.45, 2.75) is 25.4 Å². The van der Waals surface area contributed by atoms with Crippen molar-refractivity contribution in [3.05, 3.63) is 0 Å². The average molecular weight is 164 g/mol. The van der Waals surface area contributed by atoms with Crippen LogP contribution in [0.5, 0.6) is 0 Å². The predicted molar refractivity (Wildman–Crippen MR) is 44.8 cm³/mol. The molecule has 1 heterocycles. The third-order valence-electron chi connectivity index (χ3n) is 1.38. The zero-order valence-electron chi connectivity index (χ0n) is 5.38. The summed E-state index contributed by atoms with van der Waals surface area (Å²) in [4.78, 5) is 0. The Morgan fingerprint density at radius 3 is 2.78 bits per heavy atom. The van der Waals surface area contributed by atoms with Crippen LogP contribution in [-0.4, -0.2) is 22.7 Å². The van der Waals surface area contributed by atoms with E-state index in [2.05, 4.69) is 0 Å². The number of rotatable bonds is 0. The SMILES string of the molecule is OC1CCCSSCC1. The van der Waals surface area contributed by atoms with Gasteiger partial charge in [-0.25, -0.2) is 0 Å². The van der Waals surface area contributed by atoms with Crippen molar-refractivity contribution in [1.29, 1.82) is 0 Å². The molecule has 1 unspecified atom stereocenters. The van der Waals surface area contributed by atoms with Gasteiger partial charge in [0, 0.05) is 11.5 Å². The van der Waals surface area contributed by atoms with Crippen LogP contribution in [0.15, 0.2) is 0 Å². The zero-order chi connectivity index (χ0) is 6.53. The Morgan fingerprint density at radius 1 is 1.11 bits per heavy atom. The van der Waals surface area contributed by atoms with Crippen LogP contribution in [0.3, 0.4) is 0 Å². The van der Waals surface area contributed by atoms with Crippen LogP contribution in [-0.2, 0) is 0 Å². The monoisotopic (exact) mass is 164 g/mol. The number of hydrogen-bond donors (Lipinski definition) is 1. The van der Waals surface area contributed by atoms with Gasteiger partial charge in [-0.05, 0) is 19.3 Å². The largest absolute Gasteiger partial charge is 0.393 e. The standard InChI is InChI=1S/C6H12OS2/c7-6-2-1-4-8-9-5-3-6/h6-7H,1-5H2. The molecule has 3 heteroatoms. The van der Waals surface area contributed by atoms with Gasteiger partial charge in [0.1, 0.15) is 0 Å². The van der Waals surface area contributed by atoms with Gasteiger partial charge in [0.25, 0.3) is 0 Å². The molecule has 0 radical (unpaired) electrons. The molecule has 1 rings (SSSR count). The minimum Gasteiger partial charge on any atom is -0.393 e. The van der Waals surface area contributed by atoms with Crippen molar-refractivity contribution >= 4 is 21.6 Å². The third-order valence-corrected chi connectivity index (χ3v) is 3.91.